The zero-order chi connectivity index (χ0) is 13.9. The van der Waals surface area contributed by atoms with E-state index in [1.54, 1.807) is 12.1 Å². The quantitative estimate of drug-likeness (QED) is 0.874. The Kier molecular flexibility index (Phi) is 5.09. The largest absolute Gasteiger partial charge is 0.316 e. The van der Waals surface area contributed by atoms with Gasteiger partial charge in [-0.1, -0.05) is 29.3 Å². The molecule has 2 rings (SSSR count). The molecule has 0 saturated carbocycles. The van der Waals surface area contributed by atoms with Gasteiger partial charge in [-0.25, -0.2) is 13.1 Å². The normalized spacial score (nSPS) is 19.8. The van der Waals surface area contributed by atoms with Gasteiger partial charge in [0.1, 0.15) is 4.90 Å². The van der Waals surface area contributed by atoms with E-state index < -0.39 is 10.0 Å². The van der Waals surface area contributed by atoms with E-state index in [1.807, 2.05) is 0 Å². The molecule has 0 aromatic heterocycles. The highest BCUT2D eigenvalue weighted by Crippen LogP contribution is 2.28. The second-order valence-corrected chi connectivity index (χ2v) is 7.12. The topological polar surface area (TPSA) is 58.2 Å². The first-order valence-electron chi connectivity index (χ1n) is 6.15. The summed E-state index contributed by atoms with van der Waals surface area (Å²) in [6, 6.07) is 4.59. The van der Waals surface area contributed by atoms with Crippen LogP contribution in [0.4, 0.5) is 0 Å². The number of halogens is 2. The predicted octanol–water partition coefficient (Wildman–Crippen LogP) is 2.27. The fraction of sp³-hybridized carbons (Fsp3) is 0.500. The van der Waals surface area contributed by atoms with Gasteiger partial charge in [0.05, 0.1) is 10.0 Å². The molecular formula is C12H16Cl2N2O2S. The van der Waals surface area contributed by atoms with Crippen molar-refractivity contribution in [3.8, 4) is 0 Å². The first-order valence-corrected chi connectivity index (χ1v) is 8.39. The third-order valence-corrected chi connectivity index (χ3v) is 5.65. The lowest BCUT2D eigenvalue weighted by Gasteiger charge is -2.11. The number of hydrogen-bond acceptors (Lipinski definition) is 3. The Morgan fingerprint density at radius 1 is 1.37 bits per heavy atom. The summed E-state index contributed by atoms with van der Waals surface area (Å²) in [5.41, 5.74) is 0. The molecule has 19 heavy (non-hydrogen) atoms. The summed E-state index contributed by atoms with van der Waals surface area (Å²) in [7, 11) is -3.59. The molecule has 1 aliphatic rings. The highest BCUT2D eigenvalue weighted by Gasteiger charge is 2.20. The highest BCUT2D eigenvalue weighted by atomic mass is 35.5. The van der Waals surface area contributed by atoms with Crippen LogP contribution < -0.4 is 10.0 Å². The van der Waals surface area contributed by atoms with Crippen LogP contribution in [-0.4, -0.2) is 28.1 Å². The number of benzene rings is 1. The lowest BCUT2D eigenvalue weighted by Crippen LogP contribution is -2.27. The van der Waals surface area contributed by atoms with E-state index in [4.69, 9.17) is 23.2 Å². The lowest BCUT2D eigenvalue weighted by molar-refractivity contribution is 0.519. The van der Waals surface area contributed by atoms with Crippen LogP contribution in [0.3, 0.4) is 0 Å². The Morgan fingerprint density at radius 3 is 2.84 bits per heavy atom. The fourth-order valence-corrected chi connectivity index (χ4v) is 3.93. The third-order valence-electron chi connectivity index (χ3n) is 3.21. The van der Waals surface area contributed by atoms with Gasteiger partial charge in [-0.05, 0) is 44.0 Å². The van der Waals surface area contributed by atoms with Crippen molar-refractivity contribution in [2.75, 3.05) is 19.6 Å². The fourth-order valence-electron chi connectivity index (χ4n) is 2.13. The van der Waals surface area contributed by atoms with Gasteiger partial charge in [-0.2, -0.15) is 0 Å². The molecule has 1 aromatic carbocycles. The molecule has 2 N–H and O–H groups in total. The summed E-state index contributed by atoms with van der Waals surface area (Å²) in [6.45, 7) is 2.38. The molecule has 0 spiro atoms. The summed E-state index contributed by atoms with van der Waals surface area (Å²) in [5, 5.41) is 3.56. The van der Waals surface area contributed by atoms with Crippen molar-refractivity contribution in [2.24, 2.45) is 5.92 Å². The predicted molar refractivity (Wildman–Crippen MR) is 77.2 cm³/mol. The molecule has 1 saturated heterocycles. The Labute approximate surface area is 123 Å². The van der Waals surface area contributed by atoms with Crippen molar-refractivity contribution in [3.05, 3.63) is 28.2 Å². The van der Waals surface area contributed by atoms with Gasteiger partial charge in [0.15, 0.2) is 0 Å². The van der Waals surface area contributed by atoms with Gasteiger partial charge in [0.2, 0.25) is 10.0 Å². The van der Waals surface area contributed by atoms with Crippen LogP contribution in [0.25, 0.3) is 0 Å². The molecule has 4 nitrogen and oxygen atoms in total. The second kappa shape index (κ2) is 6.41. The molecule has 0 bridgehead atoms. The van der Waals surface area contributed by atoms with Crippen molar-refractivity contribution in [2.45, 2.75) is 17.7 Å². The molecule has 1 atom stereocenters. The minimum Gasteiger partial charge on any atom is -0.316 e. The van der Waals surface area contributed by atoms with Gasteiger partial charge in [0.25, 0.3) is 0 Å². The van der Waals surface area contributed by atoms with Gasteiger partial charge < -0.3 is 5.32 Å². The Morgan fingerprint density at radius 2 is 2.16 bits per heavy atom. The minimum absolute atomic E-state index is 0.0335. The SMILES string of the molecule is O=S(=O)(NCC[C@@H]1CCNC1)c1cccc(Cl)c1Cl. The highest BCUT2D eigenvalue weighted by molar-refractivity contribution is 7.89. The molecular weight excluding hydrogens is 307 g/mol. The van der Waals surface area contributed by atoms with Crippen LogP contribution in [0.5, 0.6) is 0 Å². The minimum atomic E-state index is -3.59. The molecule has 7 heteroatoms. The Balaban J connectivity index is 1.99. The molecule has 0 amide bonds. The van der Waals surface area contributed by atoms with Crippen LogP contribution in [0, 0.1) is 5.92 Å². The standard InChI is InChI=1S/C12H16Cl2N2O2S/c13-10-2-1-3-11(12(10)14)19(17,18)16-7-5-9-4-6-15-8-9/h1-3,9,15-16H,4-8H2/t9-/m0/s1. The third kappa shape index (κ3) is 3.83. The molecule has 0 radical (unpaired) electrons. The van der Waals surface area contributed by atoms with Crippen molar-refractivity contribution >= 4 is 33.2 Å². The number of rotatable bonds is 5. The van der Waals surface area contributed by atoms with E-state index in [1.165, 1.54) is 6.07 Å². The number of sulfonamides is 1. The average molecular weight is 323 g/mol. The van der Waals surface area contributed by atoms with E-state index in [0.29, 0.717) is 12.5 Å². The van der Waals surface area contributed by atoms with Gasteiger partial charge in [-0.15, -0.1) is 0 Å². The molecule has 1 heterocycles. The van der Waals surface area contributed by atoms with Gasteiger partial charge >= 0.3 is 0 Å². The molecule has 1 aromatic rings. The van der Waals surface area contributed by atoms with Crippen LogP contribution in [0.15, 0.2) is 23.1 Å². The first-order chi connectivity index (χ1) is 9.00. The monoisotopic (exact) mass is 322 g/mol. The molecule has 106 valence electrons. The average Bonchev–Trinajstić information content (AvgIpc) is 2.85. The van der Waals surface area contributed by atoms with E-state index in [2.05, 4.69) is 10.0 Å². The van der Waals surface area contributed by atoms with E-state index >= 15 is 0 Å². The maximum Gasteiger partial charge on any atom is 0.242 e. The van der Waals surface area contributed by atoms with E-state index in [0.717, 1.165) is 25.9 Å². The van der Waals surface area contributed by atoms with Crippen LogP contribution in [0.2, 0.25) is 10.0 Å². The van der Waals surface area contributed by atoms with Crippen LogP contribution in [0.1, 0.15) is 12.8 Å². The summed E-state index contributed by atoms with van der Waals surface area (Å²) >= 11 is 11.7. The maximum absolute atomic E-state index is 12.1. The molecule has 0 unspecified atom stereocenters. The zero-order valence-corrected chi connectivity index (χ0v) is 12.7. The van der Waals surface area contributed by atoms with Crippen molar-refractivity contribution in [1.29, 1.82) is 0 Å². The summed E-state index contributed by atoms with van der Waals surface area (Å²) in [5.74, 6) is 0.539. The van der Waals surface area contributed by atoms with Crippen molar-refractivity contribution in [1.82, 2.24) is 10.0 Å². The first kappa shape index (κ1) is 15.1. The van der Waals surface area contributed by atoms with Crippen molar-refractivity contribution < 1.29 is 8.42 Å². The van der Waals surface area contributed by atoms with Gasteiger partial charge in [-0.3, -0.25) is 0 Å². The molecule has 1 fully saturated rings. The lowest BCUT2D eigenvalue weighted by atomic mass is 10.1. The Hall–Kier alpha value is -0.330. The maximum atomic E-state index is 12.1. The summed E-state index contributed by atoms with van der Waals surface area (Å²) in [6.07, 6.45) is 1.92. The van der Waals surface area contributed by atoms with Crippen LogP contribution >= 0.6 is 23.2 Å². The summed E-state index contributed by atoms with van der Waals surface area (Å²) in [4.78, 5) is 0.0335. The van der Waals surface area contributed by atoms with Crippen molar-refractivity contribution in [3.63, 3.8) is 0 Å². The number of hydrogen-bond donors (Lipinski definition) is 2. The summed E-state index contributed by atoms with van der Waals surface area (Å²) < 4.78 is 26.8. The molecule has 1 aliphatic heterocycles. The molecule has 0 aliphatic carbocycles. The van der Waals surface area contributed by atoms with Gasteiger partial charge in [0, 0.05) is 6.54 Å². The Bertz CT molecular complexity index is 543. The van der Waals surface area contributed by atoms with E-state index in [-0.39, 0.29) is 14.9 Å². The van der Waals surface area contributed by atoms with Crippen LogP contribution in [-0.2, 0) is 10.0 Å². The second-order valence-electron chi connectivity index (χ2n) is 4.60. The smallest absolute Gasteiger partial charge is 0.242 e. The zero-order valence-electron chi connectivity index (χ0n) is 10.3. The number of nitrogens with one attached hydrogen (secondary N) is 2. The van der Waals surface area contributed by atoms with E-state index in [9.17, 15) is 8.42 Å².